The van der Waals surface area contributed by atoms with Gasteiger partial charge in [-0.15, -0.1) is 0 Å². The van der Waals surface area contributed by atoms with E-state index in [0.717, 1.165) is 17.7 Å². The quantitative estimate of drug-likeness (QED) is 0.520. The van der Waals surface area contributed by atoms with E-state index >= 15 is 0 Å². The van der Waals surface area contributed by atoms with Crippen LogP contribution in [0.1, 0.15) is 25.0 Å². The zero-order valence-electron chi connectivity index (χ0n) is 8.73. The zero-order valence-corrected chi connectivity index (χ0v) is 8.73. The minimum Gasteiger partial charge on any atom is -0.292 e. The van der Waals surface area contributed by atoms with Crippen molar-refractivity contribution >= 4 is 11.9 Å². The normalized spacial score (nSPS) is 17.2. The summed E-state index contributed by atoms with van der Waals surface area (Å²) in [6.07, 6.45) is 1.72. The molecule has 1 heterocycles. The predicted octanol–water partition coefficient (Wildman–Crippen LogP) is 2.30. The molecule has 0 aromatic heterocycles. The Balaban J connectivity index is 2.56. The van der Waals surface area contributed by atoms with Crippen LogP contribution in [0.15, 0.2) is 23.2 Å². The van der Waals surface area contributed by atoms with Crippen LogP contribution in [0.4, 0.5) is 5.69 Å². The molecule has 0 fully saturated rings. The zero-order chi connectivity index (χ0) is 11.1. The number of benzene rings is 1. The van der Waals surface area contributed by atoms with Crippen molar-refractivity contribution in [2.45, 2.75) is 19.3 Å². The van der Waals surface area contributed by atoms with Crippen LogP contribution in [0.3, 0.4) is 0 Å². The van der Waals surface area contributed by atoms with Crippen LogP contribution < -0.4 is 0 Å². The average Bonchev–Trinajstić information content (AvgIpc) is 2.16. The number of hydrogen-bond donors (Lipinski definition) is 0. The third kappa shape index (κ3) is 1.63. The highest BCUT2D eigenvalue weighted by molar-refractivity contribution is 5.85. The van der Waals surface area contributed by atoms with Gasteiger partial charge in [-0.1, -0.05) is 19.9 Å². The van der Waals surface area contributed by atoms with Crippen LogP contribution in [-0.4, -0.2) is 17.7 Å². The summed E-state index contributed by atoms with van der Waals surface area (Å²) in [6.45, 7) is 4.92. The summed E-state index contributed by atoms with van der Waals surface area (Å²) in [5.41, 5.74) is 2.08. The van der Waals surface area contributed by atoms with Crippen molar-refractivity contribution in [2.24, 2.45) is 4.99 Å². The van der Waals surface area contributed by atoms with Gasteiger partial charge < -0.3 is 0 Å². The molecule has 0 N–H and O–H groups in total. The van der Waals surface area contributed by atoms with Gasteiger partial charge in [0, 0.05) is 35.9 Å². The van der Waals surface area contributed by atoms with E-state index in [1.165, 1.54) is 0 Å². The van der Waals surface area contributed by atoms with Gasteiger partial charge in [0.05, 0.1) is 4.92 Å². The Hall–Kier alpha value is -1.71. The first kappa shape index (κ1) is 9.83. The second kappa shape index (κ2) is 3.15. The lowest BCUT2D eigenvalue weighted by Crippen LogP contribution is -2.26. The number of rotatable bonds is 1. The summed E-state index contributed by atoms with van der Waals surface area (Å²) in [4.78, 5) is 14.5. The molecule has 1 aromatic carbocycles. The molecule has 1 aliphatic rings. The van der Waals surface area contributed by atoms with Crippen molar-refractivity contribution in [3.63, 3.8) is 0 Å². The molecule has 0 saturated heterocycles. The fourth-order valence-corrected chi connectivity index (χ4v) is 1.84. The molecule has 0 radical (unpaired) electrons. The summed E-state index contributed by atoms with van der Waals surface area (Å²) in [6, 6.07) is 4.97. The first-order valence-electron chi connectivity index (χ1n) is 4.79. The Kier molecular flexibility index (Phi) is 2.07. The fraction of sp³-hybridized carbons (Fsp3) is 0.364. The fourth-order valence-electron chi connectivity index (χ4n) is 1.84. The number of aliphatic imine (C=N–C) groups is 1. The number of hydrogen-bond acceptors (Lipinski definition) is 3. The van der Waals surface area contributed by atoms with Crippen LogP contribution in [0.5, 0.6) is 0 Å². The van der Waals surface area contributed by atoms with Crippen molar-refractivity contribution in [2.75, 3.05) is 6.54 Å². The summed E-state index contributed by atoms with van der Waals surface area (Å²) in [5.74, 6) is 0. The topological polar surface area (TPSA) is 55.5 Å². The molecule has 0 bridgehead atoms. The summed E-state index contributed by atoms with van der Waals surface area (Å²) < 4.78 is 0. The number of nitrogens with zero attached hydrogens (tertiary/aromatic N) is 2. The Morgan fingerprint density at radius 2 is 2.20 bits per heavy atom. The lowest BCUT2D eigenvalue weighted by Gasteiger charge is -2.27. The monoisotopic (exact) mass is 204 g/mol. The molecule has 1 aromatic rings. The molecule has 0 spiro atoms. The summed E-state index contributed by atoms with van der Waals surface area (Å²) in [7, 11) is 0. The van der Waals surface area contributed by atoms with Gasteiger partial charge in [0.2, 0.25) is 0 Å². The van der Waals surface area contributed by atoms with Crippen molar-refractivity contribution in [3.05, 3.63) is 39.4 Å². The van der Waals surface area contributed by atoms with Crippen LogP contribution in [-0.2, 0) is 5.41 Å². The molecule has 4 nitrogen and oxygen atoms in total. The molecule has 0 unspecified atom stereocenters. The number of nitro groups is 1. The number of fused-ring (bicyclic) bond motifs is 1. The van der Waals surface area contributed by atoms with Gasteiger partial charge in [-0.25, -0.2) is 0 Å². The molecular weight excluding hydrogens is 192 g/mol. The van der Waals surface area contributed by atoms with Crippen LogP contribution in [0.25, 0.3) is 0 Å². The Labute approximate surface area is 87.8 Å². The molecule has 0 atom stereocenters. The first-order chi connectivity index (χ1) is 7.00. The lowest BCUT2D eigenvalue weighted by atomic mass is 9.80. The van der Waals surface area contributed by atoms with Gasteiger partial charge in [0.15, 0.2) is 0 Å². The van der Waals surface area contributed by atoms with Crippen molar-refractivity contribution in [1.29, 1.82) is 0 Å². The van der Waals surface area contributed by atoms with Gasteiger partial charge in [0.25, 0.3) is 5.69 Å². The predicted molar refractivity (Wildman–Crippen MR) is 58.6 cm³/mol. The molecule has 0 amide bonds. The van der Waals surface area contributed by atoms with Crippen molar-refractivity contribution < 1.29 is 4.92 Å². The number of nitro benzene ring substituents is 1. The molecule has 0 aliphatic carbocycles. The maximum atomic E-state index is 10.6. The van der Waals surface area contributed by atoms with E-state index in [2.05, 4.69) is 18.8 Å². The second-order valence-electron chi connectivity index (χ2n) is 4.38. The molecule has 1 aliphatic heterocycles. The Morgan fingerprint density at radius 3 is 2.87 bits per heavy atom. The minimum atomic E-state index is -0.379. The minimum absolute atomic E-state index is 0.0286. The molecule has 0 saturated carbocycles. The molecular formula is C11H12N2O2. The first-order valence-corrected chi connectivity index (χ1v) is 4.79. The van der Waals surface area contributed by atoms with E-state index < -0.39 is 0 Å². The van der Waals surface area contributed by atoms with E-state index in [1.54, 1.807) is 18.3 Å². The summed E-state index contributed by atoms with van der Waals surface area (Å²) in [5, 5.41) is 10.6. The molecule has 15 heavy (non-hydrogen) atoms. The third-order valence-electron chi connectivity index (χ3n) is 2.69. The molecule has 4 heteroatoms. The van der Waals surface area contributed by atoms with Gasteiger partial charge >= 0.3 is 0 Å². The average molecular weight is 204 g/mol. The summed E-state index contributed by atoms with van der Waals surface area (Å²) >= 11 is 0. The molecule has 2 rings (SSSR count). The van der Waals surface area contributed by atoms with Gasteiger partial charge in [0.1, 0.15) is 0 Å². The second-order valence-corrected chi connectivity index (χ2v) is 4.38. The largest absolute Gasteiger partial charge is 0.292 e. The van der Waals surface area contributed by atoms with E-state index in [4.69, 9.17) is 0 Å². The highest BCUT2D eigenvalue weighted by atomic mass is 16.6. The van der Waals surface area contributed by atoms with E-state index in [9.17, 15) is 10.1 Å². The molecule has 78 valence electrons. The Bertz CT molecular complexity index is 450. The lowest BCUT2D eigenvalue weighted by molar-refractivity contribution is -0.384. The van der Waals surface area contributed by atoms with E-state index in [-0.39, 0.29) is 16.0 Å². The van der Waals surface area contributed by atoms with Crippen LogP contribution in [0.2, 0.25) is 0 Å². The standard InChI is InChI=1S/C11H12N2O2/c1-11(2)7-12-6-8-5-9(13(14)15)3-4-10(8)11/h3-6H,7H2,1-2H3. The smallest absolute Gasteiger partial charge is 0.270 e. The van der Waals surface area contributed by atoms with E-state index in [1.807, 2.05) is 6.07 Å². The maximum Gasteiger partial charge on any atom is 0.270 e. The van der Waals surface area contributed by atoms with Crippen LogP contribution in [0, 0.1) is 10.1 Å². The van der Waals surface area contributed by atoms with Gasteiger partial charge in [-0.2, -0.15) is 0 Å². The Morgan fingerprint density at radius 1 is 1.47 bits per heavy atom. The van der Waals surface area contributed by atoms with Gasteiger partial charge in [-0.05, 0) is 5.56 Å². The number of non-ortho nitro benzene ring substituents is 1. The third-order valence-corrected chi connectivity index (χ3v) is 2.69. The highest BCUT2D eigenvalue weighted by Gasteiger charge is 2.26. The van der Waals surface area contributed by atoms with Crippen LogP contribution >= 0.6 is 0 Å². The maximum absolute atomic E-state index is 10.6. The van der Waals surface area contributed by atoms with Crippen molar-refractivity contribution in [1.82, 2.24) is 0 Å². The highest BCUT2D eigenvalue weighted by Crippen LogP contribution is 2.31. The van der Waals surface area contributed by atoms with Crippen molar-refractivity contribution in [3.8, 4) is 0 Å². The van der Waals surface area contributed by atoms with E-state index in [0.29, 0.717) is 0 Å². The van der Waals surface area contributed by atoms with Gasteiger partial charge in [-0.3, -0.25) is 15.1 Å². The SMILES string of the molecule is CC1(C)CN=Cc2cc([N+](=O)[O-])ccc21.